The van der Waals surface area contributed by atoms with Crippen LogP contribution in [0.5, 0.6) is 0 Å². The van der Waals surface area contributed by atoms with Crippen molar-refractivity contribution in [2.24, 2.45) is 0 Å². The van der Waals surface area contributed by atoms with Gasteiger partial charge in [0.2, 0.25) is 0 Å². The minimum atomic E-state index is -0.0787. The number of halogens is 1. The highest BCUT2D eigenvalue weighted by Crippen LogP contribution is 2.30. The summed E-state index contributed by atoms with van der Waals surface area (Å²) < 4.78 is 0. The van der Waals surface area contributed by atoms with Crippen molar-refractivity contribution in [2.75, 3.05) is 0 Å². The summed E-state index contributed by atoms with van der Waals surface area (Å²) >= 11 is 6.18. The van der Waals surface area contributed by atoms with Crippen LogP contribution < -0.4 is 0 Å². The molecule has 116 valence electrons. The third-order valence-electron chi connectivity index (χ3n) is 4.17. The fraction of sp³-hybridized carbons (Fsp3) is 0. The van der Waals surface area contributed by atoms with Crippen molar-refractivity contribution >= 4 is 28.2 Å². The van der Waals surface area contributed by atoms with Crippen molar-refractivity contribution in [3.8, 4) is 11.1 Å². The van der Waals surface area contributed by atoms with E-state index in [0.29, 0.717) is 16.1 Å². The van der Waals surface area contributed by atoms with Crippen LogP contribution >= 0.6 is 11.6 Å². The molecule has 0 amide bonds. The molecule has 0 spiro atoms. The molecule has 4 aromatic rings. The third-order valence-corrected chi connectivity index (χ3v) is 4.50. The lowest BCUT2D eigenvalue weighted by molar-refractivity contribution is 0.103. The smallest absolute Gasteiger partial charge is 0.196 e. The summed E-state index contributed by atoms with van der Waals surface area (Å²) in [4.78, 5) is 15.9. The highest BCUT2D eigenvalue weighted by atomic mass is 35.5. The predicted molar refractivity (Wildman–Crippen MR) is 98.6 cm³/mol. The highest BCUT2D eigenvalue weighted by molar-refractivity contribution is 6.35. The Labute approximate surface area is 144 Å². The molecule has 24 heavy (non-hydrogen) atoms. The fourth-order valence-electron chi connectivity index (χ4n) is 2.94. The number of hydrogen-bond donors (Lipinski definition) is 1. The normalized spacial score (nSPS) is 10.9. The third kappa shape index (κ3) is 2.51. The second-order valence-corrected chi connectivity index (χ2v) is 6.06. The topological polar surface area (TPSA) is 32.9 Å². The van der Waals surface area contributed by atoms with Crippen LogP contribution in [-0.4, -0.2) is 10.8 Å². The zero-order chi connectivity index (χ0) is 16.5. The molecular formula is C21H14ClNO. The summed E-state index contributed by atoms with van der Waals surface area (Å²) in [6.07, 6.45) is 3.59. The van der Waals surface area contributed by atoms with Crippen molar-refractivity contribution in [1.82, 2.24) is 4.98 Å². The molecule has 1 N–H and O–H groups in total. The molecule has 0 radical (unpaired) electrons. The van der Waals surface area contributed by atoms with E-state index in [1.807, 2.05) is 36.5 Å². The Morgan fingerprint density at radius 2 is 1.54 bits per heavy atom. The summed E-state index contributed by atoms with van der Waals surface area (Å²) in [5.74, 6) is -0.0787. The fourth-order valence-corrected chi connectivity index (χ4v) is 3.16. The Hall–Kier alpha value is -2.84. The molecule has 0 saturated heterocycles. The molecular weight excluding hydrogens is 318 g/mol. The van der Waals surface area contributed by atoms with Crippen LogP contribution in [0.2, 0.25) is 5.02 Å². The van der Waals surface area contributed by atoms with Crippen LogP contribution in [0, 0.1) is 0 Å². The number of rotatable bonds is 3. The average molecular weight is 332 g/mol. The molecule has 3 aromatic carbocycles. The van der Waals surface area contributed by atoms with Gasteiger partial charge in [-0.15, -0.1) is 0 Å². The van der Waals surface area contributed by atoms with Gasteiger partial charge in [-0.05, 0) is 34.5 Å². The number of aromatic nitrogens is 1. The van der Waals surface area contributed by atoms with Crippen molar-refractivity contribution in [3.05, 3.63) is 95.3 Å². The van der Waals surface area contributed by atoms with E-state index in [1.54, 1.807) is 18.3 Å². The van der Waals surface area contributed by atoms with Crippen LogP contribution in [0.3, 0.4) is 0 Å². The quantitative estimate of drug-likeness (QED) is 0.478. The maximum atomic E-state index is 12.9. The number of carbonyl (C=O) groups excluding carboxylic acids is 1. The minimum absolute atomic E-state index is 0.0787. The Bertz CT molecular complexity index is 1050. The monoisotopic (exact) mass is 331 g/mol. The maximum absolute atomic E-state index is 12.9. The van der Waals surface area contributed by atoms with Gasteiger partial charge >= 0.3 is 0 Å². The van der Waals surface area contributed by atoms with E-state index in [2.05, 4.69) is 29.2 Å². The highest BCUT2D eigenvalue weighted by Gasteiger charge is 2.18. The van der Waals surface area contributed by atoms with Gasteiger partial charge in [-0.25, -0.2) is 0 Å². The van der Waals surface area contributed by atoms with Gasteiger partial charge in [0, 0.05) is 29.1 Å². The van der Waals surface area contributed by atoms with E-state index in [-0.39, 0.29) is 5.78 Å². The molecule has 1 aromatic heterocycles. The number of aromatic amines is 1. The number of benzene rings is 3. The SMILES string of the molecule is O=C(c1ccccc1Cl)c1c[nH]cc1-c1ccc2ccccc2c1. The molecule has 1 heterocycles. The number of carbonyl (C=O) groups is 1. The van der Waals surface area contributed by atoms with Gasteiger partial charge in [0.15, 0.2) is 5.78 Å². The van der Waals surface area contributed by atoms with E-state index in [9.17, 15) is 4.79 Å². The van der Waals surface area contributed by atoms with E-state index < -0.39 is 0 Å². The molecule has 0 bridgehead atoms. The molecule has 0 aliphatic carbocycles. The predicted octanol–water partition coefficient (Wildman–Crippen LogP) is 5.72. The molecule has 0 aliphatic heterocycles. The Morgan fingerprint density at radius 3 is 2.38 bits per heavy atom. The average Bonchev–Trinajstić information content (AvgIpc) is 3.11. The van der Waals surface area contributed by atoms with Crippen LogP contribution in [0.1, 0.15) is 15.9 Å². The number of nitrogens with one attached hydrogen (secondary N) is 1. The van der Waals surface area contributed by atoms with Gasteiger partial charge in [-0.3, -0.25) is 4.79 Å². The Kier molecular flexibility index (Phi) is 3.68. The van der Waals surface area contributed by atoms with E-state index in [0.717, 1.165) is 16.5 Å². The first-order valence-electron chi connectivity index (χ1n) is 7.69. The number of fused-ring (bicyclic) bond motifs is 1. The maximum Gasteiger partial charge on any atom is 0.196 e. The Balaban J connectivity index is 1.82. The summed E-state index contributed by atoms with van der Waals surface area (Å²) in [5.41, 5.74) is 3.02. The summed E-state index contributed by atoms with van der Waals surface area (Å²) in [5, 5.41) is 2.79. The van der Waals surface area contributed by atoms with E-state index >= 15 is 0 Å². The Morgan fingerprint density at radius 1 is 0.792 bits per heavy atom. The minimum Gasteiger partial charge on any atom is -0.366 e. The van der Waals surface area contributed by atoms with Gasteiger partial charge < -0.3 is 4.98 Å². The van der Waals surface area contributed by atoms with Gasteiger partial charge in [-0.1, -0.05) is 60.1 Å². The molecule has 0 aliphatic rings. The van der Waals surface area contributed by atoms with Crippen molar-refractivity contribution in [3.63, 3.8) is 0 Å². The van der Waals surface area contributed by atoms with Crippen molar-refractivity contribution < 1.29 is 4.79 Å². The first-order valence-corrected chi connectivity index (χ1v) is 8.07. The summed E-state index contributed by atoms with van der Waals surface area (Å²) in [7, 11) is 0. The zero-order valence-corrected chi connectivity index (χ0v) is 13.5. The van der Waals surface area contributed by atoms with E-state index in [1.165, 1.54) is 5.39 Å². The van der Waals surface area contributed by atoms with Gasteiger partial charge in [0.1, 0.15) is 0 Å². The standard InChI is InChI=1S/C21H14ClNO/c22-20-8-4-3-7-17(20)21(24)19-13-23-12-18(19)16-10-9-14-5-1-2-6-15(14)11-16/h1-13,23H. The molecule has 4 rings (SSSR count). The number of H-pyrrole nitrogens is 1. The molecule has 0 atom stereocenters. The molecule has 3 heteroatoms. The van der Waals surface area contributed by atoms with Crippen LogP contribution in [-0.2, 0) is 0 Å². The first-order chi connectivity index (χ1) is 11.7. The summed E-state index contributed by atoms with van der Waals surface area (Å²) in [6.45, 7) is 0. The number of ketones is 1. The molecule has 0 unspecified atom stereocenters. The van der Waals surface area contributed by atoms with Crippen molar-refractivity contribution in [1.29, 1.82) is 0 Å². The van der Waals surface area contributed by atoms with Gasteiger partial charge in [0.05, 0.1) is 5.02 Å². The van der Waals surface area contributed by atoms with Crippen LogP contribution in [0.4, 0.5) is 0 Å². The number of hydrogen-bond acceptors (Lipinski definition) is 1. The lowest BCUT2D eigenvalue weighted by Gasteiger charge is -2.07. The largest absolute Gasteiger partial charge is 0.366 e. The lowest BCUT2D eigenvalue weighted by atomic mass is 9.96. The zero-order valence-electron chi connectivity index (χ0n) is 12.8. The second kappa shape index (κ2) is 5.99. The lowest BCUT2D eigenvalue weighted by Crippen LogP contribution is -2.02. The first kappa shape index (κ1) is 14.7. The summed E-state index contributed by atoms with van der Waals surface area (Å²) in [6, 6.07) is 21.5. The molecule has 0 saturated carbocycles. The van der Waals surface area contributed by atoms with E-state index in [4.69, 9.17) is 11.6 Å². The second-order valence-electron chi connectivity index (χ2n) is 5.65. The molecule has 2 nitrogen and oxygen atoms in total. The van der Waals surface area contributed by atoms with Gasteiger partial charge in [-0.2, -0.15) is 0 Å². The van der Waals surface area contributed by atoms with Crippen LogP contribution in [0.25, 0.3) is 21.9 Å². The van der Waals surface area contributed by atoms with Gasteiger partial charge in [0.25, 0.3) is 0 Å². The van der Waals surface area contributed by atoms with Crippen molar-refractivity contribution in [2.45, 2.75) is 0 Å². The molecule has 0 fully saturated rings. The van der Waals surface area contributed by atoms with Crippen LogP contribution in [0.15, 0.2) is 79.1 Å².